The van der Waals surface area contributed by atoms with Gasteiger partial charge in [0.25, 0.3) is 0 Å². The van der Waals surface area contributed by atoms with Gasteiger partial charge in [0, 0.05) is 7.11 Å². The van der Waals surface area contributed by atoms with Crippen LogP contribution in [0.4, 0.5) is 9.59 Å². The maximum absolute atomic E-state index is 12.7. The number of hydrogen-bond donors (Lipinski definition) is 5. The number of carbonyl (C=O) groups is 5. The molecule has 0 bridgehead atoms. The van der Waals surface area contributed by atoms with Gasteiger partial charge in [-0.3, -0.25) is 9.59 Å². The number of hydrogen-bond acceptors (Lipinski definition) is 8. The van der Waals surface area contributed by atoms with Crippen LogP contribution in [0.1, 0.15) is 98.8 Å². The first-order chi connectivity index (χ1) is 22.5. The number of carboxylic acid groups (broad SMARTS) is 2. The third kappa shape index (κ3) is 7.68. The number of methoxy groups -OCH3 is 1. The summed E-state index contributed by atoms with van der Waals surface area (Å²) in [6.07, 6.45) is 11.2. The highest BCUT2D eigenvalue weighted by atomic mass is 16.6. The molecule has 0 saturated heterocycles. The van der Waals surface area contributed by atoms with Crippen LogP contribution in [0.25, 0.3) is 0 Å². The van der Waals surface area contributed by atoms with Crippen molar-refractivity contribution in [3.8, 4) is 0 Å². The minimum Gasteiger partial charge on any atom is -0.481 e. The highest BCUT2D eigenvalue weighted by Gasteiger charge is 2.64. The number of ether oxygens (including phenoxy) is 2. The first-order valence-electron chi connectivity index (χ1n) is 17.3. The molecule has 5 aliphatic carbocycles. The molecule has 0 heterocycles. The fraction of sp³-hybridized carbons (Fsp3) is 0.806. The molecular weight excluding hydrogens is 620 g/mol. The van der Waals surface area contributed by atoms with Gasteiger partial charge in [0.2, 0.25) is 0 Å². The molecule has 0 spiro atoms. The molecule has 0 aliphatic heterocycles. The van der Waals surface area contributed by atoms with Crippen molar-refractivity contribution in [1.29, 1.82) is 0 Å². The molecule has 4 fully saturated rings. The highest BCUT2D eigenvalue weighted by Crippen LogP contribution is 2.70. The standard InChI is InChI=1S/C31H47NO6.C4H7NO3.CH4O/c1-18-20-8-11-30(5)21-9-13-31(26(35)36)15-14-28(2,3)16-22(31)19(21)6-7-24(30)29(20,4)12-10-23(18)38-27(37)32-17-25(33)34;1-8-4(7)5-2-3-6;1-2/h6,18,20-24H,7-17H2,1-5H3,(H,32,37)(H,33,34)(H,35,36);3H,2H2,1H3,(H,5,7);2H,1H3/t18-,20?,21?,22+,23+,24?,29+,30+,31-;;/m1../s1. The first-order valence-corrected chi connectivity index (χ1v) is 17.3. The van der Waals surface area contributed by atoms with Gasteiger partial charge in [-0.2, -0.15) is 0 Å². The van der Waals surface area contributed by atoms with Crippen molar-refractivity contribution < 1.29 is 48.8 Å². The Kier molecular flexibility index (Phi) is 12.8. The van der Waals surface area contributed by atoms with Crippen LogP contribution in [0.15, 0.2) is 11.6 Å². The molecule has 0 aromatic carbocycles. The van der Waals surface area contributed by atoms with Gasteiger partial charge in [-0.25, -0.2) is 9.59 Å². The van der Waals surface area contributed by atoms with Crippen LogP contribution in [0, 0.1) is 51.2 Å². The monoisotopic (exact) mass is 678 g/mol. The normalized spacial score (nSPS) is 37.2. The largest absolute Gasteiger partial charge is 0.481 e. The lowest BCUT2D eigenvalue weighted by Crippen LogP contribution is -2.60. The van der Waals surface area contributed by atoms with Crippen molar-refractivity contribution in [1.82, 2.24) is 10.6 Å². The van der Waals surface area contributed by atoms with Gasteiger partial charge in [0.1, 0.15) is 18.9 Å². The fourth-order valence-corrected chi connectivity index (χ4v) is 10.6. The van der Waals surface area contributed by atoms with E-state index in [0.717, 1.165) is 71.3 Å². The lowest BCUT2D eigenvalue weighted by atomic mass is 9.38. The molecule has 0 aromatic heterocycles. The predicted molar refractivity (Wildman–Crippen MR) is 178 cm³/mol. The number of carboxylic acids is 2. The van der Waals surface area contributed by atoms with Gasteiger partial charge in [-0.15, -0.1) is 0 Å². The first kappa shape index (κ1) is 39.3. The van der Waals surface area contributed by atoms with Crippen molar-refractivity contribution in [2.45, 2.75) is 105 Å². The molecule has 5 rings (SSSR count). The Hall–Kier alpha value is -3.15. The lowest BCUT2D eigenvalue weighted by Gasteiger charge is -2.66. The molecular formula is C36H58N2O10. The second-order valence-electron chi connectivity index (χ2n) is 15.8. The molecule has 3 unspecified atom stereocenters. The van der Waals surface area contributed by atoms with Gasteiger partial charge in [-0.1, -0.05) is 46.3 Å². The Labute approximate surface area is 284 Å². The number of rotatable bonds is 6. The summed E-state index contributed by atoms with van der Waals surface area (Å²) in [5, 5.41) is 30.8. The molecule has 12 heteroatoms. The number of aliphatic hydroxyl groups excluding tert-OH is 1. The van der Waals surface area contributed by atoms with Crippen LogP contribution in [-0.2, 0) is 23.9 Å². The smallest absolute Gasteiger partial charge is 0.407 e. The predicted octanol–water partition coefficient (Wildman–Crippen LogP) is 5.42. The maximum Gasteiger partial charge on any atom is 0.407 e. The average molecular weight is 679 g/mol. The number of alkyl carbamates (subject to hydrolysis) is 2. The van der Waals surface area contributed by atoms with E-state index in [-0.39, 0.29) is 40.7 Å². The molecule has 0 aromatic rings. The van der Waals surface area contributed by atoms with E-state index >= 15 is 0 Å². The van der Waals surface area contributed by atoms with Crippen LogP contribution in [0.2, 0.25) is 0 Å². The lowest BCUT2D eigenvalue weighted by molar-refractivity contribution is -0.170. The van der Waals surface area contributed by atoms with Crippen molar-refractivity contribution in [2.75, 3.05) is 27.3 Å². The SMILES string of the molecule is CO.COC(=O)NCC=O.C[C@@H]1C2CC[C@@]3(C)C4CC[C@@]5(C(=O)O)CCC(C)(C)C[C@H]5C4=CCC3[C@@]2(C)CC[C@@H]1OC(=O)NCC(=O)O. The topological polar surface area (TPSA) is 189 Å². The fourth-order valence-electron chi connectivity index (χ4n) is 10.6. The average Bonchev–Trinajstić information content (AvgIpc) is 3.04. The van der Waals surface area contributed by atoms with Crippen LogP contribution in [0.3, 0.4) is 0 Å². The summed E-state index contributed by atoms with van der Waals surface area (Å²) in [7, 11) is 2.24. The molecule has 12 nitrogen and oxygen atoms in total. The van der Waals surface area contributed by atoms with Crippen LogP contribution in [0.5, 0.6) is 0 Å². The number of fused-ring (bicyclic) bond motifs is 7. The van der Waals surface area contributed by atoms with Gasteiger partial charge < -0.3 is 40.2 Å². The third-order valence-electron chi connectivity index (χ3n) is 12.9. The van der Waals surface area contributed by atoms with E-state index in [4.69, 9.17) is 14.9 Å². The van der Waals surface area contributed by atoms with Crippen molar-refractivity contribution in [3.05, 3.63) is 11.6 Å². The van der Waals surface area contributed by atoms with Crippen molar-refractivity contribution in [2.24, 2.45) is 51.2 Å². The van der Waals surface area contributed by atoms with Crippen LogP contribution >= 0.6 is 0 Å². The number of aliphatic hydroxyl groups is 1. The van der Waals surface area contributed by atoms with E-state index < -0.39 is 36.1 Å². The van der Waals surface area contributed by atoms with Gasteiger partial charge >= 0.3 is 24.1 Å². The van der Waals surface area contributed by atoms with E-state index in [1.54, 1.807) is 0 Å². The number of amides is 2. The molecule has 272 valence electrons. The Balaban J connectivity index is 0.000000550. The quantitative estimate of drug-likeness (QED) is 0.179. The summed E-state index contributed by atoms with van der Waals surface area (Å²) in [6.45, 7) is 11.4. The van der Waals surface area contributed by atoms with Gasteiger partial charge in [0.05, 0.1) is 19.1 Å². The highest BCUT2D eigenvalue weighted by molar-refractivity contribution is 5.77. The number of nitrogens with one attached hydrogen (secondary N) is 2. The van der Waals surface area contributed by atoms with Gasteiger partial charge in [0.15, 0.2) is 0 Å². The van der Waals surface area contributed by atoms with E-state index in [1.165, 1.54) is 12.7 Å². The Morgan fingerprint density at radius 2 is 1.56 bits per heavy atom. The summed E-state index contributed by atoms with van der Waals surface area (Å²) in [5.41, 5.74) is 1.35. The van der Waals surface area contributed by atoms with Gasteiger partial charge in [-0.05, 0) is 110 Å². The second-order valence-corrected chi connectivity index (χ2v) is 15.8. The van der Waals surface area contributed by atoms with Crippen molar-refractivity contribution in [3.63, 3.8) is 0 Å². The van der Waals surface area contributed by atoms with E-state index in [1.807, 2.05) is 0 Å². The van der Waals surface area contributed by atoms with Crippen LogP contribution in [-0.4, -0.2) is 79.1 Å². The Morgan fingerprint density at radius 3 is 2.17 bits per heavy atom. The van der Waals surface area contributed by atoms with E-state index in [9.17, 15) is 29.1 Å². The zero-order valence-corrected chi connectivity index (χ0v) is 29.8. The van der Waals surface area contributed by atoms with Crippen LogP contribution < -0.4 is 10.6 Å². The maximum atomic E-state index is 12.7. The molecule has 5 N–H and O–H groups in total. The Bertz CT molecular complexity index is 1240. The summed E-state index contributed by atoms with van der Waals surface area (Å²) in [5.74, 6) is 0.124. The second kappa shape index (κ2) is 15.6. The third-order valence-corrected chi connectivity index (χ3v) is 12.9. The summed E-state index contributed by atoms with van der Waals surface area (Å²) < 4.78 is 9.87. The number of carbonyl (C=O) groups excluding carboxylic acids is 3. The number of aliphatic carboxylic acids is 2. The van der Waals surface area contributed by atoms with E-state index in [0.29, 0.717) is 24.0 Å². The molecule has 48 heavy (non-hydrogen) atoms. The molecule has 5 aliphatic rings. The summed E-state index contributed by atoms with van der Waals surface area (Å²) >= 11 is 0. The summed E-state index contributed by atoms with van der Waals surface area (Å²) in [6, 6.07) is 0. The zero-order chi connectivity index (χ0) is 36.1. The number of aldehydes is 1. The summed E-state index contributed by atoms with van der Waals surface area (Å²) in [4.78, 5) is 55.4. The minimum absolute atomic E-state index is 0.00662. The minimum atomic E-state index is -1.08. The Morgan fingerprint density at radius 1 is 0.896 bits per heavy atom. The number of allylic oxidation sites excluding steroid dienone is 2. The molecule has 9 atom stereocenters. The molecule has 4 saturated carbocycles. The van der Waals surface area contributed by atoms with Crippen molar-refractivity contribution >= 4 is 30.4 Å². The zero-order valence-electron chi connectivity index (χ0n) is 29.8. The molecule has 0 radical (unpaired) electrons. The molecule has 2 amide bonds. The van der Waals surface area contributed by atoms with E-state index in [2.05, 4.69) is 56.1 Å².